The topological polar surface area (TPSA) is 54.5 Å². The van der Waals surface area contributed by atoms with E-state index in [1.165, 1.54) is 6.26 Å². The third-order valence-corrected chi connectivity index (χ3v) is 4.37. The van der Waals surface area contributed by atoms with Crippen molar-refractivity contribution in [2.45, 2.75) is 24.2 Å². The van der Waals surface area contributed by atoms with E-state index in [-0.39, 0.29) is 17.2 Å². The summed E-state index contributed by atoms with van der Waals surface area (Å²) < 4.78 is 23.3. The lowest BCUT2D eigenvalue weighted by Crippen LogP contribution is -2.29. The van der Waals surface area contributed by atoms with Gasteiger partial charge in [-0.05, 0) is 24.5 Å². The van der Waals surface area contributed by atoms with Crippen molar-refractivity contribution in [1.29, 1.82) is 0 Å². The van der Waals surface area contributed by atoms with E-state index in [0.717, 1.165) is 25.9 Å². The van der Waals surface area contributed by atoms with Gasteiger partial charge in [-0.1, -0.05) is 18.2 Å². The van der Waals surface area contributed by atoms with Crippen LogP contribution in [0.4, 0.5) is 0 Å². The largest absolute Gasteiger partial charge is 0.342 e. The Morgan fingerprint density at radius 3 is 2.44 bits per heavy atom. The number of nitrogens with zero attached hydrogens (tertiary/aromatic N) is 1. The van der Waals surface area contributed by atoms with Crippen LogP contribution in [0.25, 0.3) is 0 Å². The maximum Gasteiger partial charge on any atom is 0.227 e. The number of rotatable bonds is 3. The van der Waals surface area contributed by atoms with Crippen LogP contribution in [0.5, 0.6) is 0 Å². The second-order valence-electron chi connectivity index (χ2n) is 4.64. The fraction of sp³-hybridized carbons (Fsp3) is 0.462. The number of likely N-dealkylation sites (tertiary alicyclic amines) is 1. The van der Waals surface area contributed by atoms with E-state index in [2.05, 4.69) is 0 Å². The van der Waals surface area contributed by atoms with Gasteiger partial charge >= 0.3 is 0 Å². The number of carbonyl (C=O) groups is 1. The minimum Gasteiger partial charge on any atom is -0.342 e. The summed E-state index contributed by atoms with van der Waals surface area (Å²) in [6.45, 7) is 1.58. The van der Waals surface area contributed by atoms with Gasteiger partial charge in [0.25, 0.3) is 0 Å². The Bertz CT molecular complexity index is 545. The van der Waals surface area contributed by atoms with Gasteiger partial charge in [-0.3, -0.25) is 4.79 Å². The van der Waals surface area contributed by atoms with Crippen LogP contribution < -0.4 is 0 Å². The summed E-state index contributed by atoms with van der Waals surface area (Å²) in [6, 6.07) is 6.72. The van der Waals surface area contributed by atoms with Gasteiger partial charge in [0.05, 0.1) is 11.3 Å². The summed E-state index contributed by atoms with van der Waals surface area (Å²) in [4.78, 5) is 14.1. The molecule has 1 amide bonds. The van der Waals surface area contributed by atoms with E-state index in [4.69, 9.17) is 0 Å². The fourth-order valence-electron chi connectivity index (χ4n) is 2.25. The summed E-state index contributed by atoms with van der Waals surface area (Å²) in [5.74, 6) is 0.0172. The van der Waals surface area contributed by atoms with Crippen molar-refractivity contribution in [1.82, 2.24) is 4.90 Å². The molecule has 0 radical (unpaired) electrons. The number of sulfone groups is 1. The first kappa shape index (κ1) is 13.1. The summed E-state index contributed by atoms with van der Waals surface area (Å²) in [7, 11) is -3.27. The first-order valence-electron chi connectivity index (χ1n) is 6.04. The van der Waals surface area contributed by atoms with Crippen molar-refractivity contribution in [2.24, 2.45) is 0 Å². The molecule has 1 fully saturated rings. The summed E-state index contributed by atoms with van der Waals surface area (Å²) in [5, 5.41) is 0. The molecule has 0 bridgehead atoms. The van der Waals surface area contributed by atoms with Gasteiger partial charge in [0, 0.05) is 19.3 Å². The Morgan fingerprint density at radius 2 is 1.83 bits per heavy atom. The fourth-order valence-corrected chi connectivity index (χ4v) is 3.20. The first-order chi connectivity index (χ1) is 8.48. The number of hydrogen-bond acceptors (Lipinski definition) is 3. The Balaban J connectivity index is 2.21. The van der Waals surface area contributed by atoms with Crippen molar-refractivity contribution >= 4 is 15.7 Å². The lowest BCUT2D eigenvalue weighted by Gasteiger charge is -2.16. The second-order valence-corrected chi connectivity index (χ2v) is 6.63. The molecule has 0 spiro atoms. The van der Waals surface area contributed by atoms with Crippen LogP contribution in [0.15, 0.2) is 29.2 Å². The second kappa shape index (κ2) is 5.10. The molecule has 1 heterocycles. The molecule has 0 aromatic heterocycles. The van der Waals surface area contributed by atoms with E-state index in [1.54, 1.807) is 29.2 Å². The molecule has 5 heteroatoms. The lowest BCUT2D eigenvalue weighted by atomic mass is 10.1. The third kappa shape index (κ3) is 2.90. The van der Waals surface area contributed by atoms with Gasteiger partial charge in [-0.2, -0.15) is 0 Å². The van der Waals surface area contributed by atoms with Crippen LogP contribution in [-0.2, 0) is 21.1 Å². The van der Waals surface area contributed by atoms with Crippen molar-refractivity contribution in [3.63, 3.8) is 0 Å². The number of carbonyl (C=O) groups excluding carboxylic acids is 1. The molecule has 1 aliphatic heterocycles. The number of benzene rings is 1. The van der Waals surface area contributed by atoms with Crippen molar-refractivity contribution in [2.75, 3.05) is 19.3 Å². The molecule has 0 N–H and O–H groups in total. The average Bonchev–Trinajstić information content (AvgIpc) is 2.81. The molecule has 0 aliphatic carbocycles. The Labute approximate surface area is 108 Å². The van der Waals surface area contributed by atoms with E-state index < -0.39 is 9.84 Å². The van der Waals surface area contributed by atoms with Crippen LogP contribution in [0.2, 0.25) is 0 Å². The average molecular weight is 267 g/mol. The predicted molar refractivity (Wildman–Crippen MR) is 69.1 cm³/mol. The molecule has 0 saturated carbocycles. The molecule has 1 saturated heterocycles. The summed E-state index contributed by atoms with van der Waals surface area (Å²) >= 11 is 0. The predicted octanol–water partition coefficient (Wildman–Crippen LogP) is 1.26. The highest BCUT2D eigenvalue weighted by molar-refractivity contribution is 7.90. The maximum atomic E-state index is 12.0. The molecular weight excluding hydrogens is 250 g/mol. The van der Waals surface area contributed by atoms with Gasteiger partial charge in [0.15, 0.2) is 9.84 Å². The van der Waals surface area contributed by atoms with E-state index in [1.807, 2.05) is 0 Å². The van der Waals surface area contributed by atoms with E-state index in [0.29, 0.717) is 5.56 Å². The summed E-state index contributed by atoms with van der Waals surface area (Å²) in [6.07, 6.45) is 3.42. The highest BCUT2D eigenvalue weighted by atomic mass is 32.2. The highest BCUT2D eigenvalue weighted by Crippen LogP contribution is 2.18. The van der Waals surface area contributed by atoms with Crippen LogP contribution in [0, 0.1) is 0 Å². The van der Waals surface area contributed by atoms with Crippen LogP contribution >= 0.6 is 0 Å². The van der Waals surface area contributed by atoms with Gasteiger partial charge in [-0.15, -0.1) is 0 Å². The standard InChI is InChI=1S/C13H17NO3S/c1-18(16,17)12-7-3-2-6-11(12)10-13(15)14-8-4-5-9-14/h2-3,6-7H,4-5,8-10H2,1H3. The SMILES string of the molecule is CS(=O)(=O)c1ccccc1CC(=O)N1CCCC1. The molecule has 2 rings (SSSR count). The molecule has 1 aliphatic rings. The first-order valence-corrected chi connectivity index (χ1v) is 7.93. The van der Waals surface area contributed by atoms with Gasteiger partial charge in [0.1, 0.15) is 0 Å². The molecule has 4 nitrogen and oxygen atoms in total. The Hall–Kier alpha value is -1.36. The minimum atomic E-state index is -3.27. The van der Waals surface area contributed by atoms with E-state index in [9.17, 15) is 13.2 Å². The van der Waals surface area contributed by atoms with Crippen molar-refractivity contribution in [3.8, 4) is 0 Å². The number of hydrogen-bond donors (Lipinski definition) is 0. The van der Waals surface area contributed by atoms with Crippen LogP contribution in [0.3, 0.4) is 0 Å². The maximum absolute atomic E-state index is 12.0. The monoisotopic (exact) mass is 267 g/mol. The molecule has 18 heavy (non-hydrogen) atoms. The normalized spacial score (nSPS) is 15.9. The molecule has 1 aromatic carbocycles. The van der Waals surface area contributed by atoms with Crippen molar-refractivity contribution in [3.05, 3.63) is 29.8 Å². The number of amides is 1. The zero-order chi connectivity index (χ0) is 13.2. The lowest BCUT2D eigenvalue weighted by molar-refractivity contribution is -0.129. The molecule has 0 unspecified atom stereocenters. The van der Waals surface area contributed by atoms with E-state index >= 15 is 0 Å². The van der Waals surface area contributed by atoms with Crippen molar-refractivity contribution < 1.29 is 13.2 Å². The Morgan fingerprint density at radius 1 is 1.22 bits per heavy atom. The molecule has 1 aromatic rings. The highest BCUT2D eigenvalue weighted by Gasteiger charge is 2.21. The van der Waals surface area contributed by atoms with Crippen LogP contribution in [-0.4, -0.2) is 38.6 Å². The molecular formula is C13H17NO3S. The van der Waals surface area contributed by atoms with Gasteiger partial charge in [0.2, 0.25) is 5.91 Å². The smallest absolute Gasteiger partial charge is 0.227 e. The Kier molecular flexibility index (Phi) is 3.71. The van der Waals surface area contributed by atoms with Gasteiger partial charge in [-0.25, -0.2) is 8.42 Å². The zero-order valence-electron chi connectivity index (χ0n) is 10.4. The molecule has 0 atom stereocenters. The van der Waals surface area contributed by atoms with Crippen LogP contribution in [0.1, 0.15) is 18.4 Å². The quantitative estimate of drug-likeness (QED) is 0.828. The van der Waals surface area contributed by atoms with Gasteiger partial charge < -0.3 is 4.90 Å². The molecule has 98 valence electrons. The minimum absolute atomic E-state index is 0.0172. The zero-order valence-corrected chi connectivity index (χ0v) is 11.2. The third-order valence-electron chi connectivity index (χ3n) is 3.17. The summed E-state index contributed by atoms with van der Waals surface area (Å²) in [5.41, 5.74) is 0.594.